The van der Waals surface area contributed by atoms with Gasteiger partial charge in [0.1, 0.15) is 5.75 Å². The Bertz CT molecular complexity index is 390. The van der Waals surface area contributed by atoms with E-state index in [9.17, 15) is 13.2 Å². The Hall–Kier alpha value is -1.23. The number of ether oxygens (including phenoxy) is 1. The van der Waals surface area contributed by atoms with Crippen LogP contribution in [0.2, 0.25) is 0 Å². The molecule has 5 heteroatoms. The van der Waals surface area contributed by atoms with E-state index in [1.165, 1.54) is 12.1 Å². The van der Waals surface area contributed by atoms with E-state index in [1.54, 1.807) is 12.1 Å². The van der Waals surface area contributed by atoms with Gasteiger partial charge in [0.25, 0.3) is 0 Å². The molecule has 0 aliphatic carbocycles. The average molecular weight is 303 g/mol. The maximum absolute atomic E-state index is 12.1. The first-order chi connectivity index (χ1) is 9.94. The van der Waals surface area contributed by atoms with Gasteiger partial charge in [-0.1, -0.05) is 32.4 Å². The van der Waals surface area contributed by atoms with Crippen molar-refractivity contribution in [2.45, 2.75) is 45.9 Å². The van der Waals surface area contributed by atoms with Crippen LogP contribution in [0.25, 0.3) is 0 Å². The monoisotopic (exact) mass is 303 g/mol. The predicted octanol–water partition coefficient (Wildman–Crippen LogP) is 4.54. The van der Waals surface area contributed by atoms with Gasteiger partial charge in [-0.15, -0.1) is 13.2 Å². The highest BCUT2D eigenvalue weighted by Crippen LogP contribution is 2.23. The zero-order chi connectivity index (χ0) is 15.7. The highest BCUT2D eigenvalue weighted by molar-refractivity contribution is 5.27. The van der Waals surface area contributed by atoms with E-state index in [4.69, 9.17) is 0 Å². The average Bonchev–Trinajstić information content (AvgIpc) is 2.40. The second-order valence-corrected chi connectivity index (χ2v) is 5.25. The fraction of sp³-hybridized carbons (Fsp3) is 0.625. The minimum absolute atomic E-state index is 0.164. The molecule has 1 N–H and O–H groups in total. The summed E-state index contributed by atoms with van der Waals surface area (Å²) in [5.74, 6) is 0.346. The molecule has 0 aromatic heterocycles. The molecular formula is C16H24F3NO. The van der Waals surface area contributed by atoms with E-state index >= 15 is 0 Å². The standard InChI is InChI=1S/C16H24F3NO/c1-3-5-14(12-20-10-4-2)11-13-6-8-15(9-7-13)21-16(17,18)19/h6-9,14,20H,3-5,10-12H2,1-2H3. The number of rotatable bonds is 9. The maximum atomic E-state index is 12.1. The van der Waals surface area contributed by atoms with Crippen LogP contribution in [0.3, 0.4) is 0 Å². The molecule has 1 atom stereocenters. The maximum Gasteiger partial charge on any atom is 0.573 e. The molecule has 0 saturated carbocycles. The molecule has 1 aromatic rings. The van der Waals surface area contributed by atoms with E-state index in [0.29, 0.717) is 5.92 Å². The highest BCUT2D eigenvalue weighted by Gasteiger charge is 2.30. The summed E-state index contributed by atoms with van der Waals surface area (Å²) in [6, 6.07) is 6.18. The molecule has 0 saturated heterocycles. The van der Waals surface area contributed by atoms with Crippen LogP contribution in [0.1, 0.15) is 38.7 Å². The Morgan fingerprint density at radius 2 is 1.76 bits per heavy atom. The molecule has 120 valence electrons. The second kappa shape index (κ2) is 8.93. The van der Waals surface area contributed by atoms with Crippen LogP contribution < -0.4 is 10.1 Å². The third-order valence-electron chi connectivity index (χ3n) is 3.24. The van der Waals surface area contributed by atoms with Crippen molar-refractivity contribution in [3.63, 3.8) is 0 Å². The fourth-order valence-electron chi connectivity index (χ4n) is 2.33. The molecule has 1 aromatic carbocycles. The summed E-state index contributed by atoms with van der Waals surface area (Å²) in [4.78, 5) is 0. The Balaban J connectivity index is 2.54. The Labute approximate surface area is 124 Å². The van der Waals surface area contributed by atoms with Crippen molar-refractivity contribution < 1.29 is 17.9 Å². The van der Waals surface area contributed by atoms with Gasteiger partial charge >= 0.3 is 6.36 Å². The van der Waals surface area contributed by atoms with Crippen LogP contribution in [0.15, 0.2) is 24.3 Å². The molecule has 1 unspecified atom stereocenters. The van der Waals surface area contributed by atoms with Crippen LogP contribution in [0, 0.1) is 5.92 Å². The molecule has 0 spiro atoms. The van der Waals surface area contributed by atoms with Crippen LogP contribution in [0.5, 0.6) is 5.75 Å². The second-order valence-electron chi connectivity index (χ2n) is 5.25. The lowest BCUT2D eigenvalue weighted by atomic mass is 9.95. The van der Waals surface area contributed by atoms with Gasteiger partial charge in [0.15, 0.2) is 0 Å². The lowest BCUT2D eigenvalue weighted by molar-refractivity contribution is -0.274. The van der Waals surface area contributed by atoms with Crippen molar-refractivity contribution in [1.82, 2.24) is 5.32 Å². The summed E-state index contributed by atoms with van der Waals surface area (Å²) in [6.07, 6.45) is -0.444. The molecule has 0 aliphatic heterocycles. The topological polar surface area (TPSA) is 21.3 Å². The molecule has 0 radical (unpaired) electrons. The van der Waals surface area contributed by atoms with Gasteiger partial charge < -0.3 is 10.1 Å². The molecule has 0 fully saturated rings. The molecule has 0 amide bonds. The van der Waals surface area contributed by atoms with Crippen molar-refractivity contribution in [1.29, 1.82) is 0 Å². The third kappa shape index (κ3) is 7.95. The van der Waals surface area contributed by atoms with Gasteiger partial charge in [-0.05, 0) is 56.0 Å². The quantitative estimate of drug-likeness (QED) is 0.676. The first-order valence-electron chi connectivity index (χ1n) is 7.50. The van der Waals surface area contributed by atoms with Crippen molar-refractivity contribution in [3.05, 3.63) is 29.8 Å². The summed E-state index contributed by atoms with van der Waals surface area (Å²) < 4.78 is 40.2. The van der Waals surface area contributed by atoms with Crippen LogP contribution in [-0.2, 0) is 6.42 Å². The Morgan fingerprint density at radius 3 is 2.29 bits per heavy atom. The third-order valence-corrected chi connectivity index (χ3v) is 3.24. The van der Waals surface area contributed by atoms with Crippen LogP contribution in [-0.4, -0.2) is 19.5 Å². The van der Waals surface area contributed by atoms with E-state index in [1.807, 2.05) is 0 Å². The smallest absolute Gasteiger partial charge is 0.406 e. The number of nitrogens with one attached hydrogen (secondary N) is 1. The minimum Gasteiger partial charge on any atom is -0.406 e. The summed E-state index contributed by atoms with van der Waals surface area (Å²) in [5.41, 5.74) is 1.04. The molecule has 1 rings (SSSR count). The lowest BCUT2D eigenvalue weighted by Gasteiger charge is -2.17. The Kier molecular flexibility index (Phi) is 7.57. The summed E-state index contributed by atoms with van der Waals surface area (Å²) in [5, 5.41) is 3.41. The number of alkyl halides is 3. The number of halogens is 3. The lowest BCUT2D eigenvalue weighted by Crippen LogP contribution is -2.25. The van der Waals surface area contributed by atoms with Crippen LogP contribution in [0.4, 0.5) is 13.2 Å². The van der Waals surface area contributed by atoms with Crippen molar-refractivity contribution in [2.24, 2.45) is 5.92 Å². The molecule has 0 aliphatic rings. The van der Waals surface area contributed by atoms with E-state index in [2.05, 4.69) is 23.9 Å². The first kappa shape index (κ1) is 17.8. The molecule has 0 bridgehead atoms. The van der Waals surface area contributed by atoms with Gasteiger partial charge in [0.05, 0.1) is 0 Å². The molecule has 21 heavy (non-hydrogen) atoms. The van der Waals surface area contributed by atoms with Gasteiger partial charge in [-0.2, -0.15) is 0 Å². The van der Waals surface area contributed by atoms with Gasteiger partial charge in [0, 0.05) is 0 Å². The summed E-state index contributed by atoms with van der Waals surface area (Å²) >= 11 is 0. The van der Waals surface area contributed by atoms with Crippen molar-refractivity contribution >= 4 is 0 Å². The number of hydrogen-bond donors (Lipinski definition) is 1. The van der Waals surface area contributed by atoms with Crippen molar-refractivity contribution in [3.8, 4) is 5.75 Å². The predicted molar refractivity (Wildman–Crippen MR) is 78.4 cm³/mol. The Morgan fingerprint density at radius 1 is 1.10 bits per heavy atom. The molecular weight excluding hydrogens is 279 g/mol. The number of benzene rings is 1. The van der Waals surface area contributed by atoms with Crippen LogP contribution >= 0.6 is 0 Å². The zero-order valence-electron chi connectivity index (χ0n) is 12.7. The largest absolute Gasteiger partial charge is 0.573 e. The van der Waals surface area contributed by atoms with E-state index in [-0.39, 0.29) is 5.75 Å². The van der Waals surface area contributed by atoms with Crippen molar-refractivity contribution in [2.75, 3.05) is 13.1 Å². The highest BCUT2D eigenvalue weighted by atomic mass is 19.4. The normalized spacial score (nSPS) is 13.2. The van der Waals surface area contributed by atoms with Gasteiger partial charge in [0.2, 0.25) is 0 Å². The minimum atomic E-state index is -4.63. The van der Waals surface area contributed by atoms with Gasteiger partial charge in [-0.3, -0.25) is 0 Å². The summed E-state index contributed by atoms with van der Waals surface area (Å²) in [7, 11) is 0. The zero-order valence-corrected chi connectivity index (χ0v) is 12.7. The van der Waals surface area contributed by atoms with E-state index < -0.39 is 6.36 Å². The van der Waals surface area contributed by atoms with E-state index in [0.717, 1.165) is 44.3 Å². The molecule has 0 heterocycles. The first-order valence-corrected chi connectivity index (χ1v) is 7.50. The molecule has 2 nitrogen and oxygen atoms in total. The number of hydrogen-bond acceptors (Lipinski definition) is 2. The SMILES string of the molecule is CCCNCC(CCC)Cc1ccc(OC(F)(F)F)cc1. The summed E-state index contributed by atoms with van der Waals surface area (Å²) in [6.45, 7) is 6.22. The van der Waals surface area contributed by atoms with Gasteiger partial charge in [-0.25, -0.2) is 0 Å². The fourth-order valence-corrected chi connectivity index (χ4v) is 2.33.